The van der Waals surface area contributed by atoms with Crippen LogP contribution < -0.4 is 0 Å². The number of aliphatic hydroxyl groups is 1. The van der Waals surface area contributed by atoms with Crippen molar-refractivity contribution >= 4 is 11.8 Å². The largest absolute Gasteiger partial charge is 0.394 e. The third kappa shape index (κ3) is 1.62. The van der Waals surface area contributed by atoms with Gasteiger partial charge < -0.3 is 9.84 Å². The number of aliphatic hydroxyl groups excluding tert-OH is 1. The molecule has 2 amide bonds. The van der Waals surface area contributed by atoms with Crippen molar-refractivity contribution in [2.24, 2.45) is 0 Å². The zero-order valence-corrected chi connectivity index (χ0v) is 6.82. The van der Waals surface area contributed by atoms with Gasteiger partial charge in [-0.25, -0.2) is 0 Å². The third-order valence-electron chi connectivity index (χ3n) is 1.69. The molecule has 5 nitrogen and oxygen atoms in total. The molecule has 1 N–H and O–H groups in total. The van der Waals surface area contributed by atoms with E-state index in [-0.39, 0.29) is 31.6 Å². The average molecular weight is 173 g/mol. The summed E-state index contributed by atoms with van der Waals surface area (Å²) in [5.41, 5.74) is 0. The number of morpholine rings is 1. The number of carbonyl (C=O) groups is 2. The van der Waals surface area contributed by atoms with Crippen molar-refractivity contribution in [3.8, 4) is 0 Å². The molecule has 0 spiro atoms. The second-order valence-electron chi connectivity index (χ2n) is 2.68. The molecule has 68 valence electrons. The normalized spacial score (nSPS) is 21.3. The monoisotopic (exact) mass is 173 g/mol. The van der Waals surface area contributed by atoms with Crippen molar-refractivity contribution in [2.45, 2.75) is 13.0 Å². The van der Waals surface area contributed by atoms with Gasteiger partial charge in [0.1, 0.15) is 13.2 Å². The van der Waals surface area contributed by atoms with Crippen molar-refractivity contribution in [2.75, 3.05) is 19.8 Å². The molecule has 0 radical (unpaired) electrons. The van der Waals surface area contributed by atoms with Crippen LogP contribution in [0.15, 0.2) is 0 Å². The van der Waals surface area contributed by atoms with Gasteiger partial charge in [-0.15, -0.1) is 0 Å². The van der Waals surface area contributed by atoms with E-state index in [0.717, 1.165) is 4.90 Å². The summed E-state index contributed by atoms with van der Waals surface area (Å²) in [5, 5.41) is 8.74. The van der Waals surface area contributed by atoms with Gasteiger partial charge in [0, 0.05) is 0 Å². The summed E-state index contributed by atoms with van der Waals surface area (Å²) >= 11 is 0. The minimum absolute atomic E-state index is 0.0733. The van der Waals surface area contributed by atoms with Crippen LogP contribution in [0.4, 0.5) is 0 Å². The molecule has 0 saturated carbocycles. The molecule has 1 aliphatic heterocycles. The van der Waals surface area contributed by atoms with Crippen LogP contribution in [-0.4, -0.2) is 47.7 Å². The second kappa shape index (κ2) is 3.64. The average Bonchev–Trinajstić information content (AvgIpc) is 2.03. The highest BCUT2D eigenvalue weighted by molar-refractivity contribution is 5.98. The van der Waals surface area contributed by atoms with Crippen LogP contribution in [0, 0.1) is 0 Å². The summed E-state index contributed by atoms with van der Waals surface area (Å²) in [4.78, 5) is 23.2. The lowest BCUT2D eigenvalue weighted by molar-refractivity contribution is -0.162. The first kappa shape index (κ1) is 9.15. The smallest absolute Gasteiger partial charge is 0.255 e. The molecular formula is C7H11NO4. The Morgan fingerprint density at radius 3 is 2.42 bits per heavy atom. The van der Waals surface area contributed by atoms with E-state index in [0.29, 0.717) is 0 Å². The van der Waals surface area contributed by atoms with Gasteiger partial charge in [-0.1, -0.05) is 0 Å². The van der Waals surface area contributed by atoms with Crippen LogP contribution in [-0.2, 0) is 14.3 Å². The Balaban J connectivity index is 2.69. The first-order valence-electron chi connectivity index (χ1n) is 3.70. The van der Waals surface area contributed by atoms with E-state index in [9.17, 15) is 9.59 Å². The molecule has 0 aromatic rings. The fraction of sp³-hybridized carbons (Fsp3) is 0.714. The Hall–Kier alpha value is -0.940. The van der Waals surface area contributed by atoms with Gasteiger partial charge in [0.05, 0.1) is 12.6 Å². The Morgan fingerprint density at radius 2 is 2.00 bits per heavy atom. The Kier molecular flexibility index (Phi) is 2.78. The van der Waals surface area contributed by atoms with Crippen molar-refractivity contribution in [1.29, 1.82) is 0 Å². The molecule has 0 aromatic heterocycles. The molecule has 0 aromatic carbocycles. The SMILES string of the molecule is C[C@H](CO)N1C(=O)COCC1=O. The van der Waals surface area contributed by atoms with Crippen molar-refractivity contribution in [1.82, 2.24) is 4.90 Å². The lowest BCUT2D eigenvalue weighted by Gasteiger charge is -2.29. The maximum absolute atomic E-state index is 11.1. The standard InChI is InChI=1S/C7H11NO4/c1-5(2-9)8-6(10)3-12-4-7(8)11/h5,9H,2-4H2,1H3/t5-/m1/s1. The summed E-state index contributed by atoms with van der Waals surface area (Å²) in [6.07, 6.45) is 0. The molecule has 0 aliphatic carbocycles. The number of hydrogen-bond donors (Lipinski definition) is 1. The van der Waals surface area contributed by atoms with Gasteiger partial charge in [0.15, 0.2) is 0 Å². The summed E-state index contributed by atoms with van der Waals surface area (Å²) < 4.78 is 4.70. The molecule has 1 heterocycles. The number of amides is 2. The number of rotatable bonds is 2. The highest BCUT2D eigenvalue weighted by Gasteiger charge is 2.30. The molecule has 1 rings (SSSR count). The number of hydrogen-bond acceptors (Lipinski definition) is 4. The van der Waals surface area contributed by atoms with Crippen LogP contribution in [0.25, 0.3) is 0 Å². The summed E-state index contributed by atoms with van der Waals surface area (Å²) in [7, 11) is 0. The van der Waals surface area contributed by atoms with E-state index in [1.807, 2.05) is 0 Å². The van der Waals surface area contributed by atoms with Gasteiger partial charge in [0.25, 0.3) is 11.8 Å². The lowest BCUT2D eigenvalue weighted by atomic mass is 10.2. The molecular weight excluding hydrogens is 162 g/mol. The predicted molar refractivity (Wildman–Crippen MR) is 39.2 cm³/mol. The number of ether oxygens (including phenoxy) is 1. The first-order valence-corrected chi connectivity index (χ1v) is 3.70. The summed E-state index contributed by atoms with van der Waals surface area (Å²) in [5.74, 6) is -0.763. The molecule has 12 heavy (non-hydrogen) atoms. The highest BCUT2D eigenvalue weighted by atomic mass is 16.5. The quantitative estimate of drug-likeness (QED) is 0.530. The van der Waals surface area contributed by atoms with Gasteiger partial charge in [-0.2, -0.15) is 0 Å². The van der Waals surface area contributed by atoms with Crippen molar-refractivity contribution < 1.29 is 19.4 Å². The molecule has 1 saturated heterocycles. The molecule has 1 aliphatic rings. The van der Waals surface area contributed by atoms with Gasteiger partial charge in [0.2, 0.25) is 0 Å². The Bertz CT molecular complexity index is 188. The van der Waals surface area contributed by atoms with E-state index in [4.69, 9.17) is 9.84 Å². The molecule has 0 bridgehead atoms. The minimum atomic E-state index is -0.450. The second-order valence-corrected chi connectivity index (χ2v) is 2.68. The predicted octanol–water partition coefficient (Wildman–Crippen LogP) is -1.25. The Labute approximate surface area is 69.9 Å². The van der Waals surface area contributed by atoms with Crippen molar-refractivity contribution in [3.63, 3.8) is 0 Å². The van der Waals surface area contributed by atoms with Crippen LogP contribution in [0.3, 0.4) is 0 Å². The minimum Gasteiger partial charge on any atom is -0.394 e. The van der Waals surface area contributed by atoms with E-state index < -0.39 is 6.04 Å². The van der Waals surface area contributed by atoms with Gasteiger partial charge >= 0.3 is 0 Å². The highest BCUT2D eigenvalue weighted by Crippen LogP contribution is 2.05. The fourth-order valence-corrected chi connectivity index (χ4v) is 1.08. The lowest BCUT2D eigenvalue weighted by Crippen LogP contribution is -2.51. The van der Waals surface area contributed by atoms with E-state index in [2.05, 4.69) is 0 Å². The summed E-state index contributed by atoms with van der Waals surface area (Å²) in [6, 6.07) is -0.450. The van der Waals surface area contributed by atoms with E-state index in [1.165, 1.54) is 0 Å². The van der Waals surface area contributed by atoms with Crippen LogP contribution >= 0.6 is 0 Å². The number of nitrogens with zero attached hydrogens (tertiary/aromatic N) is 1. The van der Waals surface area contributed by atoms with Crippen molar-refractivity contribution in [3.05, 3.63) is 0 Å². The zero-order valence-electron chi connectivity index (χ0n) is 6.82. The fourth-order valence-electron chi connectivity index (χ4n) is 1.08. The zero-order chi connectivity index (χ0) is 9.14. The molecule has 5 heteroatoms. The maximum atomic E-state index is 11.1. The molecule has 1 atom stereocenters. The van der Waals surface area contributed by atoms with E-state index in [1.54, 1.807) is 6.92 Å². The number of carbonyl (C=O) groups excluding carboxylic acids is 2. The topological polar surface area (TPSA) is 66.8 Å². The van der Waals surface area contributed by atoms with Gasteiger partial charge in [-0.05, 0) is 6.92 Å². The molecule has 0 unspecified atom stereocenters. The van der Waals surface area contributed by atoms with Crippen LogP contribution in [0.2, 0.25) is 0 Å². The first-order chi connectivity index (χ1) is 5.66. The Morgan fingerprint density at radius 1 is 1.50 bits per heavy atom. The number of imide groups is 1. The van der Waals surface area contributed by atoms with E-state index >= 15 is 0 Å². The maximum Gasteiger partial charge on any atom is 0.255 e. The molecule has 1 fully saturated rings. The van der Waals surface area contributed by atoms with Crippen LogP contribution in [0.5, 0.6) is 0 Å². The van der Waals surface area contributed by atoms with Crippen LogP contribution in [0.1, 0.15) is 6.92 Å². The summed E-state index contributed by atoms with van der Waals surface area (Å²) in [6.45, 7) is 1.25. The third-order valence-corrected chi connectivity index (χ3v) is 1.69. The van der Waals surface area contributed by atoms with Gasteiger partial charge in [-0.3, -0.25) is 14.5 Å².